The van der Waals surface area contributed by atoms with Gasteiger partial charge >= 0.3 is 0 Å². The van der Waals surface area contributed by atoms with Gasteiger partial charge in [-0.05, 0) is 43.2 Å². The van der Waals surface area contributed by atoms with Gasteiger partial charge in [-0.1, -0.05) is 24.3 Å². The first-order valence-electron chi connectivity index (χ1n) is 7.01. The molecule has 2 aromatic rings. The third kappa shape index (κ3) is 4.29. The zero-order chi connectivity index (χ0) is 16.8. The largest absolute Gasteiger partial charge is 0.481 e. The summed E-state index contributed by atoms with van der Waals surface area (Å²) in [4.78, 5) is 23.7. The fourth-order valence-corrected chi connectivity index (χ4v) is 1.93. The molecule has 2 aromatic carbocycles. The van der Waals surface area contributed by atoms with E-state index in [0.717, 1.165) is 11.1 Å². The number of hydrogen-bond donors (Lipinski definition) is 2. The lowest BCUT2D eigenvalue weighted by atomic mass is 10.0. The summed E-state index contributed by atoms with van der Waals surface area (Å²) in [7, 11) is 0. The van der Waals surface area contributed by atoms with Gasteiger partial charge in [-0.2, -0.15) is 0 Å². The third-order valence-corrected chi connectivity index (χ3v) is 3.36. The molecule has 0 aliphatic heterocycles. The number of rotatable bonds is 4. The number of ether oxygens (including phenoxy) is 1. The normalized spacial score (nSPS) is 10.0. The monoisotopic (exact) mass is 316 g/mol. The van der Waals surface area contributed by atoms with Crippen molar-refractivity contribution < 1.29 is 18.7 Å². The van der Waals surface area contributed by atoms with Crippen molar-refractivity contribution in [1.82, 2.24) is 10.9 Å². The smallest absolute Gasteiger partial charge is 0.276 e. The Morgan fingerprint density at radius 1 is 1.04 bits per heavy atom. The van der Waals surface area contributed by atoms with E-state index >= 15 is 0 Å². The standard InChI is InChI=1S/C17H17FN2O3/c1-11-6-5-7-13(12(11)2)17(22)20-19-16(21)10-23-15-9-4-3-8-14(15)18/h3-9H,10H2,1-2H3,(H,19,21)(H,20,22). The van der Waals surface area contributed by atoms with Gasteiger partial charge in [0.2, 0.25) is 0 Å². The summed E-state index contributed by atoms with van der Waals surface area (Å²) in [6.45, 7) is 3.31. The summed E-state index contributed by atoms with van der Waals surface area (Å²) in [5.74, 6) is -1.60. The number of carbonyl (C=O) groups excluding carboxylic acids is 2. The Morgan fingerprint density at radius 2 is 1.78 bits per heavy atom. The van der Waals surface area contributed by atoms with Crippen LogP contribution in [0.1, 0.15) is 21.5 Å². The molecule has 0 radical (unpaired) electrons. The molecule has 0 fully saturated rings. The van der Waals surface area contributed by atoms with Crippen LogP contribution in [0.25, 0.3) is 0 Å². The molecule has 120 valence electrons. The van der Waals surface area contributed by atoms with Gasteiger partial charge in [0.15, 0.2) is 18.2 Å². The Kier molecular flexibility index (Phi) is 5.30. The van der Waals surface area contributed by atoms with Crippen LogP contribution >= 0.6 is 0 Å². The lowest BCUT2D eigenvalue weighted by Gasteiger charge is -2.11. The predicted molar refractivity (Wildman–Crippen MR) is 83.4 cm³/mol. The highest BCUT2D eigenvalue weighted by Crippen LogP contribution is 2.15. The Balaban J connectivity index is 1.86. The number of amides is 2. The number of carbonyl (C=O) groups is 2. The van der Waals surface area contributed by atoms with Gasteiger partial charge in [0.25, 0.3) is 11.8 Å². The molecule has 0 aromatic heterocycles. The predicted octanol–water partition coefficient (Wildman–Crippen LogP) is 2.28. The minimum Gasteiger partial charge on any atom is -0.481 e. The topological polar surface area (TPSA) is 67.4 Å². The molecule has 0 spiro atoms. The molecule has 5 nitrogen and oxygen atoms in total. The molecular formula is C17H17FN2O3. The molecule has 6 heteroatoms. The van der Waals surface area contributed by atoms with Crippen LogP contribution in [0.15, 0.2) is 42.5 Å². The molecule has 0 saturated heterocycles. The van der Waals surface area contributed by atoms with Crippen molar-refractivity contribution in [2.45, 2.75) is 13.8 Å². The fraction of sp³-hybridized carbons (Fsp3) is 0.176. The van der Waals surface area contributed by atoms with Gasteiger partial charge < -0.3 is 4.74 Å². The minimum atomic E-state index is -0.591. The van der Waals surface area contributed by atoms with Crippen molar-refractivity contribution in [3.8, 4) is 5.75 Å². The third-order valence-electron chi connectivity index (χ3n) is 3.36. The molecule has 23 heavy (non-hydrogen) atoms. The van der Waals surface area contributed by atoms with Crippen molar-refractivity contribution in [1.29, 1.82) is 0 Å². The van der Waals surface area contributed by atoms with Crippen LogP contribution in [0.3, 0.4) is 0 Å². The van der Waals surface area contributed by atoms with Crippen LogP contribution in [0.2, 0.25) is 0 Å². The number of halogens is 1. The van der Waals surface area contributed by atoms with Crippen molar-refractivity contribution in [3.63, 3.8) is 0 Å². The van der Waals surface area contributed by atoms with E-state index < -0.39 is 24.2 Å². The van der Waals surface area contributed by atoms with E-state index in [-0.39, 0.29) is 5.75 Å². The summed E-state index contributed by atoms with van der Waals surface area (Å²) in [5, 5.41) is 0. The second-order valence-corrected chi connectivity index (χ2v) is 4.97. The molecule has 0 atom stereocenters. The number of benzene rings is 2. The number of hydrazine groups is 1. The lowest BCUT2D eigenvalue weighted by molar-refractivity contribution is -0.123. The molecule has 0 bridgehead atoms. The summed E-state index contributed by atoms with van der Waals surface area (Å²) in [6, 6.07) is 11.1. The van der Waals surface area contributed by atoms with E-state index in [2.05, 4.69) is 10.9 Å². The Bertz CT molecular complexity index is 732. The summed E-state index contributed by atoms with van der Waals surface area (Å²) in [6.07, 6.45) is 0. The minimum absolute atomic E-state index is 0.0245. The lowest BCUT2D eigenvalue weighted by Crippen LogP contribution is -2.44. The maximum atomic E-state index is 13.3. The van der Waals surface area contributed by atoms with E-state index in [9.17, 15) is 14.0 Å². The quantitative estimate of drug-likeness (QED) is 0.851. The first-order chi connectivity index (χ1) is 11.0. The number of aryl methyl sites for hydroxylation is 1. The number of para-hydroxylation sites is 1. The highest BCUT2D eigenvalue weighted by Gasteiger charge is 2.11. The van der Waals surface area contributed by atoms with Crippen LogP contribution in [0.4, 0.5) is 4.39 Å². The molecule has 2 amide bonds. The van der Waals surface area contributed by atoms with E-state index in [1.165, 1.54) is 18.2 Å². The van der Waals surface area contributed by atoms with Gasteiger partial charge in [0, 0.05) is 5.56 Å². The van der Waals surface area contributed by atoms with Gasteiger partial charge in [0.05, 0.1) is 0 Å². The van der Waals surface area contributed by atoms with E-state index in [1.807, 2.05) is 19.9 Å². The van der Waals surface area contributed by atoms with Crippen LogP contribution in [-0.4, -0.2) is 18.4 Å². The van der Waals surface area contributed by atoms with Crippen molar-refractivity contribution in [2.24, 2.45) is 0 Å². The van der Waals surface area contributed by atoms with E-state index in [0.29, 0.717) is 5.56 Å². The van der Waals surface area contributed by atoms with Crippen molar-refractivity contribution >= 4 is 11.8 Å². The van der Waals surface area contributed by atoms with Crippen LogP contribution in [0, 0.1) is 19.7 Å². The Labute approximate surface area is 133 Å². The first-order valence-corrected chi connectivity index (χ1v) is 7.01. The van der Waals surface area contributed by atoms with Crippen LogP contribution < -0.4 is 15.6 Å². The molecule has 0 unspecified atom stereocenters. The van der Waals surface area contributed by atoms with E-state index in [1.54, 1.807) is 18.2 Å². The molecule has 2 N–H and O–H groups in total. The summed E-state index contributed by atoms with van der Waals surface area (Å²) >= 11 is 0. The maximum Gasteiger partial charge on any atom is 0.276 e. The second-order valence-electron chi connectivity index (χ2n) is 4.97. The van der Waals surface area contributed by atoms with Gasteiger partial charge in [-0.25, -0.2) is 4.39 Å². The molecule has 0 heterocycles. The molecular weight excluding hydrogens is 299 g/mol. The van der Waals surface area contributed by atoms with Crippen LogP contribution in [0.5, 0.6) is 5.75 Å². The molecule has 0 saturated carbocycles. The Morgan fingerprint density at radius 3 is 2.52 bits per heavy atom. The zero-order valence-corrected chi connectivity index (χ0v) is 12.9. The number of hydrogen-bond acceptors (Lipinski definition) is 3. The van der Waals surface area contributed by atoms with Crippen LogP contribution in [-0.2, 0) is 4.79 Å². The first kappa shape index (κ1) is 16.5. The SMILES string of the molecule is Cc1cccc(C(=O)NNC(=O)COc2ccccc2F)c1C. The fourth-order valence-electron chi connectivity index (χ4n) is 1.93. The second kappa shape index (κ2) is 7.40. The van der Waals surface area contributed by atoms with Gasteiger partial charge in [-0.15, -0.1) is 0 Å². The number of nitrogens with one attached hydrogen (secondary N) is 2. The van der Waals surface area contributed by atoms with Crippen molar-refractivity contribution in [2.75, 3.05) is 6.61 Å². The van der Waals surface area contributed by atoms with Gasteiger partial charge in [-0.3, -0.25) is 20.4 Å². The summed E-state index contributed by atoms with van der Waals surface area (Å²) in [5.41, 5.74) is 6.82. The highest BCUT2D eigenvalue weighted by atomic mass is 19.1. The van der Waals surface area contributed by atoms with Gasteiger partial charge in [0.1, 0.15) is 0 Å². The average molecular weight is 316 g/mol. The highest BCUT2D eigenvalue weighted by molar-refractivity contribution is 5.97. The van der Waals surface area contributed by atoms with Crippen molar-refractivity contribution in [3.05, 3.63) is 65.0 Å². The average Bonchev–Trinajstić information content (AvgIpc) is 2.54. The molecule has 0 aliphatic rings. The zero-order valence-electron chi connectivity index (χ0n) is 12.9. The Hall–Kier alpha value is -2.89. The van der Waals surface area contributed by atoms with E-state index in [4.69, 9.17) is 4.74 Å². The summed E-state index contributed by atoms with van der Waals surface area (Å²) < 4.78 is 18.4. The maximum absolute atomic E-state index is 13.3. The molecule has 0 aliphatic carbocycles. The molecule has 2 rings (SSSR count).